The van der Waals surface area contributed by atoms with E-state index >= 15 is 0 Å². The van der Waals surface area contributed by atoms with Crippen molar-refractivity contribution < 1.29 is 9.90 Å². The highest BCUT2D eigenvalue weighted by atomic mass is 16.3. The minimum Gasteiger partial charge on any atom is -0.394 e. The Hall–Kier alpha value is -1.85. The van der Waals surface area contributed by atoms with Gasteiger partial charge in [-0.05, 0) is 11.6 Å². The first-order valence-electron chi connectivity index (χ1n) is 5.80. The molecule has 1 aromatic carbocycles. The van der Waals surface area contributed by atoms with Crippen molar-refractivity contribution in [2.75, 3.05) is 6.61 Å². The van der Waals surface area contributed by atoms with Crippen molar-refractivity contribution in [3.05, 3.63) is 36.0 Å². The highest BCUT2D eigenvalue weighted by Gasteiger charge is 2.12. The Labute approximate surface area is 105 Å². The fourth-order valence-corrected chi connectivity index (χ4v) is 1.96. The number of benzene rings is 1. The maximum atomic E-state index is 11.5. The number of nitrogens with one attached hydrogen (secondary N) is 1. The maximum Gasteiger partial charge on any atom is 0.239 e. The number of amides is 1. The summed E-state index contributed by atoms with van der Waals surface area (Å²) in [5.74, 6) is -0.342. The van der Waals surface area contributed by atoms with Gasteiger partial charge < -0.3 is 20.7 Å². The van der Waals surface area contributed by atoms with Gasteiger partial charge in [-0.25, -0.2) is 0 Å². The number of carbonyl (C=O) groups excluding carboxylic acids is 1. The number of aliphatic hydroxyl groups is 1. The van der Waals surface area contributed by atoms with Crippen molar-refractivity contribution in [1.29, 1.82) is 0 Å². The topological polar surface area (TPSA) is 80.3 Å². The van der Waals surface area contributed by atoms with E-state index in [4.69, 9.17) is 10.8 Å². The Morgan fingerprint density at radius 3 is 2.94 bits per heavy atom. The number of aromatic nitrogens is 1. The van der Waals surface area contributed by atoms with Gasteiger partial charge >= 0.3 is 0 Å². The summed E-state index contributed by atoms with van der Waals surface area (Å²) in [4.78, 5) is 11.5. The van der Waals surface area contributed by atoms with Gasteiger partial charge in [-0.1, -0.05) is 18.2 Å². The van der Waals surface area contributed by atoms with E-state index in [2.05, 4.69) is 5.32 Å². The molecular weight excluding hydrogens is 230 g/mol. The third-order valence-electron chi connectivity index (χ3n) is 2.97. The van der Waals surface area contributed by atoms with Crippen LogP contribution in [0.4, 0.5) is 0 Å². The van der Waals surface area contributed by atoms with Gasteiger partial charge in [0.1, 0.15) is 6.04 Å². The van der Waals surface area contributed by atoms with Gasteiger partial charge in [0.05, 0.1) is 6.61 Å². The van der Waals surface area contributed by atoms with Crippen LogP contribution < -0.4 is 11.1 Å². The lowest BCUT2D eigenvalue weighted by Crippen LogP contribution is -2.42. The molecule has 0 aliphatic rings. The van der Waals surface area contributed by atoms with Gasteiger partial charge in [0.25, 0.3) is 0 Å². The number of hydrogen-bond acceptors (Lipinski definition) is 3. The van der Waals surface area contributed by atoms with Crippen molar-refractivity contribution >= 4 is 16.8 Å². The molecule has 18 heavy (non-hydrogen) atoms. The lowest BCUT2D eigenvalue weighted by atomic mass is 10.2. The molecule has 2 aromatic rings. The fourth-order valence-electron chi connectivity index (χ4n) is 1.96. The second-order valence-electron chi connectivity index (χ2n) is 4.29. The molecular formula is C13H17N3O2. The predicted molar refractivity (Wildman–Crippen MR) is 69.8 cm³/mol. The molecule has 5 heteroatoms. The fraction of sp³-hybridized carbons (Fsp3) is 0.308. The molecule has 5 nitrogen and oxygen atoms in total. The molecule has 0 aliphatic carbocycles. The monoisotopic (exact) mass is 247 g/mol. The lowest BCUT2D eigenvalue weighted by molar-refractivity contribution is -0.123. The summed E-state index contributed by atoms with van der Waals surface area (Å²) >= 11 is 0. The van der Waals surface area contributed by atoms with Crippen molar-refractivity contribution in [2.24, 2.45) is 12.8 Å². The van der Waals surface area contributed by atoms with E-state index in [1.165, 1.54) is 0 Å². The Bertz CT molecular complexity index is 562. The van der Waals surface area contributed by atoms with Crippen LogP contribution in [0.2, 0.25) is 0 Å². The van der Waals surface area contributed by atoms with E-state index < -0.39 is 6.04 Å². The average molecular weight is 247 g/mol. The summed E-state index contributed by atoms with van der Waals surface area (Å²) in [5, 5.41) is 12.6. The summed E-state index contributed by atoms with van der Waals surface area (Å²) < 4.78 is 2.02. The van der Waals surface area contributed by atoms with Crippen molar-refractivity contribution in [3.8, 4) is 0 Å². The third kappa shape index (κ3) is 2.37. The Morgan fingerprint density at radius 1 is 1.50 bits per heavy atom. The number of para-hydroxylation sites is 1. The SMILES string of the molecule is Cn1cc(CNC(=O)C(N)CO)c2ccccc21. The minimum absolute atomic E-state index is 0.342. The van der Waals surface area contributed by atoms with Crippen LogP contribution in [0.3, 0.4) is 0 Å². The van der Waals surface area contributed by atoms with Crippen LogP contribution in [0.25, 0.3) is 10.9 Å². The number of rotatable bonds is 4. The van der Waals surface area contributed by atoms with Gasteiger partial charge in [-0.3, -0.25) is 4.79 Å². The summed E-state index contributed by atoms with van der Waals surface area (Å²) in [5.41, 5.74) is 7.58. The molecule has 1 aromatic heterocycles. The summed E-state index contributed by atoms with van der Waals surface area (Å²) in [7, 11) is 1.97. The van der Waals surface area contributed by atoms with Crippen molar-refractivity contribution in [1.82, 2.24) is 9.88 Å². The van der Waals surface area contributed by atoms with Gasteiger partial charge in [-0.2, -0.15) is 0 Å². The van der Waals surface area contributed by atoms with Gasteiger partial charge in [0, 0.05) is 30.7 Å². The standard InChI is InChI=1S/C13H17N3O2/c1-16-7-9(6-15-13(18)11(14)8-17)10-4-2-3-5-12(10)16/h2-5,7,11,17H,6,8,14H2,1H3,(H,15,18). The summed E-state index contributed by atoms with van der Waals surface area (Å²) in [6.07, 6.45) is 1.98. The number of aliphatic hydroxyl groups excluding tert-OH is 1. The molecule has 0 saturated carbocycles. The number of carbonyl (C=O) groups is 1. The first-order chi connectivity index (χ1) is 8.63. The second-order valence-corrected chi connectivity index (χ2v) is 4.29. The van der Waals surface area contributed by atoms with Crippen molar-refractivity contribution in [3.63, 3.8) is 0 Å². The Balaban J connectivity index is 2.15. The van der Waals surface area contributed by atoms with Crippen molar-refractivity contribution in [2.45, 2.75) is 12.6 Å². The van der Waals surface area contributed by atoms with Crippen LogP contribution >= 0.6 is 0 Å². The number of nitrogens with zero attached hydrogens (tertiary/aromatic N) is 1. The van der Waals surface area contributed by atoms with E-state index in [9.17, 15) is 4.79 Å². The first-order valence-corrected chi connectivity index (χ1v) is 5.80. The molecule has 96 valence electrons. The van der Waals surface area contributed by atoms with Crippen LogP contribution in [-0.2, 0) is 18.4 Å². The minimum atomic E-state index is -0.861. The molecule has 0 radical (unpaired) electrons. The smallest absolute Gasteiger partial charge is 0.239 e. The average Bonchev–Trinajstić information content (AvgIpc) is 2.72. The molecule has 0 saturated heterocycles. The van der Waals surface area contributed by atoms with E-state index in [1.54, 1.807) is 0 Å². The highest BCUT2D eigenvalue weighted by molar-refractivity contribution is 5.85. The van der Waals surface area contributed by atoms with Crippen LogP contribution in [0.5, 0.6) is 0 Å². The maximum absolute atomic E-state index is 11.5. The molecule has 0 bridgehead atoms. The van der Waals surface area contributed by atoms with Gasteiger partial charge in [-0.15, -0.1) is 0 Å². The van der Waals surface area contributed by atoms with Gasteiger partial charge in [0.2, 0.25) is 5.91 Å². The first kappa shape index (κ1) is 12.6. The van der Waals surface area contributed by atoms with Gasteiger partial charge in [0.15, 0.2) is 0 Å². The molecule has 4 N–H and O–H groups in total. The quantitative estimate of drug-likeness (QED) is 0.717. The van der Waals surface area contributed by atoms with E-state index in [0.29, 0.717) is 6.54 Å². The molecule has 0 fully saturated rings. The van der Waals surface area contributed by atoms with Crippen LogP contribution in [0, 0.1) is 0 Å². The normalized spacial score (nSPS) is 12.6. The molecule has 2 rings (SSSR count). The molecule has 1 atom stereocenters. The number of hydrogen-bond donors (Lipinski definition) is 3. The largest absolute Gasteiger partial charge is 0.394 e. The summed E-state index contributed by atoms with van der Waals surface area (Å²) in [6.45, 7) is 0.0647. The second kappa shape index (κ2) is 5.20. The van der Waals surface area contributed by atoms with E-state index in [0.717, 1.165) is 16.5 Å². The van der Waals surface area contributed by atoms with E-state index in [-0.39, 0.29) is 12.5 Å². The highest BCUT2D eigenvalue weighted by Crippen LogP contribution is 2.19. The molecule has 1 amide bonds. The molecule has 0 aliphatic heterocycles. The Kier molecular flexibility index (Phi) is 3.64. The number of aryl methyl sites for hydroxylation is 1. The molecule has 1 unspecified atom stereocenters. The third-order valence-corrected chi connectivity index (χ3v) is 2.97. The zero-order chi connectivity index (χ0) is 13.1. The van der Waals surface area contributed by atoms with Crippen LogP contribution in [0.1, 0.15) is 5.56 Å². The predicted octanol–water partition coefficient (Wildman–Crippen LogP) is 0.114. The molecule has 0 spiro atoms. The van der Waals surface area contributed by atoms with E-state index in [1.807, 2.05) is 42.1 Å². The zero-order valence-electron chi connectivity index (χ0n) is 10.3. The zero-order valence-corrected chi connectivity index (χ0v) is 10.3. The number of nitrogens with two attached hydrogens (primary N) is 1. The summed E-state index contributed by atoms with van der Waals surface area (Å²) in [6, 6.07) is 7.13. The number of fused-ring (bicyclic) bond motifs is 1. The van der Waals surface area contributed by atoms with Crippen LogP contribution in [0.15, 0.2) is 30.5 Å². The Morgan fingerprint density at radius 2 is 2.22 bits per heavy atom. The molecule has 1 heterocycles. The lowest BCUT2D eigenvalue weighted by Gasteiger charge is -2.08. The van der Waals surface area contributed by atoms with Crippen LogP contribution in [-0.4, -0.2) is 28.2 Å².